The van der Waals surface area contributed by atoms with Crippen molar-refractivity contribution in [2.24, 2.45) is 5.92 Å². The van der Waals surface area contributed by atoms with Crippen molar-refractivity contribution in [3.05, 3.63) is 71.8 Å². The largest absolute Gasteiger partial charge is 0.489 e. The summed E-state index contributed by atoms with van der Waals surface area (Å²) in [6, 6.07) is 14.8. The molecule has 0 bridgehead atoms. The minimum atomic E-state index is 0.160. The third kappa shape index (κ3) is 6.62. The van der Waals surface area contributed by atoms with Crippen LogP contribution in [-0.4, -0.2) is 26.2 Å². The van der Waals surface area contributed by atoms with Crippen LogP contribution in [0.4, 0.5) is 0 Å². The van der Waals surface area contributed by atoms with E-state index in [-0.39, 0.29) is 5.41 Å². The van der Waals surface area contributed by atoms with Crippen LogP contribution in [0.1, 0.15) is 37.5 Å². The molecule has 1 saturated heterocycles. The van der Waals surface area contributed by atoms with Gasteiger partial charge in [0.05, 0.1) is 0 Å². The van der Waals surface area contributed by atoms with E-state index in [9.17, 15) is 0 Å². The van der Waals surface area contributed by atoms with Gasteiger partial charge < -0.3 is 20.1 Å². The van der Waals surface area contributed by atoms with Crippen molar-refractivity contribution in [3.8, 4) is 11.5 Å². The Morgan fingerprint density at radius 1 is 1.03 bits per heavy atom. The number of benzene rings is 2. The first-order valence-electron chi connectivity index (χ1n) is 10.5. The molecule has 1 fully saturated rings. The lowest BCUT2D eigenvalue weighted by atomic mass is 9.87. The zero-order valence-electron chi connectivity index (χ0n) is 18.0. The number of ether oxygens (including phenoxy) is 2. The first-order chi connectivity index (χ1) is 13.9. The minimum Gasteiger partial charge on any atom is -0.489 e. The molecule has 0 aromatic heterocycles. The van der Waals surface area contributed by atoms with Crippen molar-refractivity contribution in [2.75, 3.05) is 26.2 Å². The van der Waals surface area contributed by atoms with E-state index in [0.29, 0.717) is 13.2 Å². The van der Waals surface area contributed by atoms with E-state index in [1.54, 1.807) is 6.08 Å². The Morgan fingerprint density at radius 2 is 1.72 bits per heavy atom. The molecule has 4 nitrogen and oxygen atoms in total. The molecule has 1 aliphatic rings. The monoisotopic (exact) mass is 394 g/mol. The molecule has 1 heterocycles. The summed E-state index contributed by atoms with van der Waals surface area (Å²) in [5.41, 5.74) is 3.81. The second-order valence-corrected chi connectivity index (χ2v) is 8.80. The van der Waals surface area contributed by atoms with E-state index in [1.165, 1.54) is 5.56 Å². The SMILES string of the molecule is C=CCOc1cc(CNCC2CNC2)cc(OCc2ccc(C(C)(C)C)cc2)c1. The maximum absolute atomic E-state index is 6.10. The van der Waals surface area contributed by atoms with Crippen molar-refractivity contribution in [1.82, 2.24) is 10.6 Å². The van der Waals surface area contributed by atoms with Gasteiger partial charge in [0.1, 0.15) is 24.7 Å². The summed E-state index contributed by atoms with van der Waals surface area (Å²) in [6.45, 7) is 15.5. The van der Waals surface area contributed by atoms with Crippen LogP contribution < -0.4 is 20.1 Å². The summed E-state index contributed by atoms with van der Waals surface area (Å²) in [5.74, 6) is 2.38. The summed E-state index contributed by atoms with van der Waals surface area (Å²) < 4.78 is 11.9. The molecule has 29 heavy (non-hydrogen) atoms. The van der Waals surface area contributed by atoms with Crippen LogP contribution in [0.2, 0.25) is 0 Å². The molecule has 2 N–H and O–H groups in total. The first kappa shape index (κ1) is 21.4. The van der Waals surface area contributed by atoms with Crippen LogP contribution in [0.15, 0.2) is 55.1 Å². The molecule has 2 aromatic rings. The predicted octanol–water partition coefficient (Wildman–Crippen LogP) is 4.44. The van der Waals surface area contributed by atoms with E-state index in [1.807, 2.05) is 6.07 Å². The summed E-state index contributed by atoms with van der Waals surface area (Å²) in [7, 11) is 0. The summed E-state index contributed by atoms with van der Waals surface area (Å²) in [5, 5.41) is 6.84. The second-order valence-electron chi connectivity index (χ2n) is 8.80. The fourth-order valence-corrected chi connectivity index (χ4v) is 3.24. The molecule has 0 amide bonds. The number of rotatable bonds is 10. The molecule has 3 rings (SSSR count). The van der Waals surface area contributed by atoms with Gasteiger partial charge in [-0.2, -0.15) is 0 Å². The third-order valence-electron chi connectivity index (χ3n) is 5.16. The average molecular weight is 395 g/mol. The lowest BCUT2D eigenvalue weighted by molar-refractivity contribution is 0.300. The molecule has 0 spiro atoms. The molecule has 0 atom stereocenters. The van der Waals surface area contributed by atoms with Crippen LogP contribution in [0.3, 0.4) is 0 Å². The first-order valence-corrected chi connectivity index (χ1v) is 10.5. The van der Waals surface area contributed by atoms with E-state index in [0.717, 1.165) is 54.7 Å². The minimum absolute atomic E-state index is 0.160. The molecule has 0 saturated carbocycles. The van der Waals surface area contributed by atoms with Gasteiger partial charge in [-0.1, -0.05) is 57.7 Å². The van der Waals surface area contributed by atoms with Crippen molar-refractivity contribution in [2.45, 2.75) is 39.3 Å². The summed E-state index contributed by atoms with van der Waals surface area (Å²) in [4.78, 5) is 0. The van der Waals surface area contributed by atoms with Crippen molar-refractivity contribution < 1.29 is 9.47 Å². The van der Waals surface area contributed by atoms with Crippen LogP contribution >= 0.6 is 0 Å². The molecule has 2 aromatic carbocycles. The highest BCUT2D eigenvalue weighted by atomic mass is 16.5. The van der Waals surface area contributed by atoms with Gasteiger partial charge in [0.15, 0.2) is 0 Å². The maximum Gasteiger partial charge on any atom is 0.123 e. The molecule has 0 radical (unpaired) electrons. The normalized spacial score (nSPS) is 14.3. The van der Waals surface area contributed by atoms with Gasteiger partial charge in [-0.3, -0.25) is 0 Å². The Balaban J connectivity index is 1.62. The van der Waals surface area contributed by atoms with Crippen molar-refractivity contribution in [3.63, 3.8) is 0 Å². The lowest BCUT2D eigenvalue weighted by Crippen LogP contribution is -2.47. The van der Waals surface area contributed by atoms with Crippen LogP contribution in [0.5, 0.6) is 11.5 Å². The van der Waals surface area contributed by atoms with E-state index < -0.39 is 0 Å². The summed E-state index contributed by atoms with van der Waals surface area (Å²) in [6.07, 6.45) is 1.76. The van der Waals surface area contributed by atoms with Crippen LogP contribution in [0.25, 0.3) is 0 Å². The van der Waals surface area contributed by atoms with E-state index in [4.69, 9.17) is 9.47 Å². The second kappa shape index (κ2) is 9.95. The van der Waals surface area contributed by atoms with Gasteiger partial charge in [0, 0.05) is 32.2 Å². The fourth-order valence-electron chi connectivity index (χ4n) is 3.24. The van der Waals surface area contributed by atoms with Gasteiger partial charge >= 0.3 is 0 Å². The molecule has 4 heteroatoms. The Hall–Kier alpha value is -2.30. The van der Waals surface area contributed by atoms with Gasteiger partial charge in [-0.25, -0.2) is 0 Å². The molecule has 156 valence electrons. The smallest absolute Gasteiger partial charge is 0.123 e. The number of hydrogen-bond donors (Lipinski definition) is 2. The molecular weight excluding hydrogens is 360 g/mol. The highest BCUT2D eigenvalue weighted by molar-refractivity contribution is 5.39. The Labute approximate surface area is 175 Å². The average Bonchev–Trinajstić information content (AvgIpc) is 2.66. The van der Waals surface area contributed by atoms with Gasteiger partial charge in [0.2, 0.25) is 0 Å². The van der Waals surface area contributed by atoms with Crippen molar-refractivity contribution >= 4 is 0 Å². The standard InChI is InChI=1S/C25H34N2O2/c1-5-10-28-23-11-20(14-26-15-21-16-27-17-21)12-24(13-23)29-18-19-6-8-22(9-7-19)25(2,3)4/h5-9,11-13,21,26-27H,1,10,14-18H2,2-4H3. The highest BCUT2D eigenvalue weighted by Gasteiger charge is 2.16. The zero-order chi connectivity index (χ0) is 20.7. The van der Waals surface area contributed by atoms with Crippen LogP contribution in [-0.2, 0) is 18.6 Å². The molecule has 1 aliphatic heterocycles. The Bertz CT molecular complexity index is 789. The summed E-state index contributed by atoms with van der Waals surface area (Å²) >= 11 is 0. The number of nitrogens with one attached hydrogen (secondary N) is 2. The Morgan fingerprint density at radius 3 is 2.31 bits per heavy atom. The molecule has 0 aliphatic carbocycles. The lowest BCUT2D eigenvalue weighted by Gasteiger charge is -2.27. The third-order valence-corrected chi connectivity index (χ3v) is 5.16. The Kier molecular flexibility index (Phi) is 7.34. The fraction of sp³-hybridized carbons (Fsp3) is 0.440. The molecule has 0 unspecified atom stereocenters. The quantitative estimate of drug-likeness (QED) is 0.585. The maximum atomic E-state index is 6.10. The predicted molar refractivity (Wildman–Crippen MR) is 120 cm³/mol. The molecular formula is C25H34N2O2. The van der Waals surface area contributed by atoms with Gasteiger partial charge in [0.25, 0.3) is 0 Å². The van der Waals surface area contributed by atoms with Gasteiger partial charge in [-0.15, -0.1) is 0 Å². The highest BCUT2D eigenvalue weighted by Crippen LogP contribution is 2.25. The van der Waals surface area contributed by atoms with Crippen molar-refractivity contribution in [1.29, 1.82) is 0 Å². The topological polar surface area (TPSA) is 42.5 Å². The zero-order valence-corrected chi connectivity index (χ0v) is 18.0. The van der Waals surface area contributed by atoms with E-state index in [2.05, 4.69) is 74.4 Å². The van der Waals surface area contributed by atoms with Gasteiger partial charge in [-0.05, 0) is 40.2 Å². The van der Waals surface area contributed by atoms with E-state index >= 15 is 0 Å². The number of hydrogen-bond acceptors (Lipinski definition) is 4. The van der Waals surface area contributed by atoms with Crippen LogP contribution in [0, 0.1) is 5.92 Å².